The van der Waals surface area contributed by atoms with Gasteiger partial charge >= 0.3 is 5.88 Å². The van der Waals surface area contributed by atoms with Crippen molar-refractivity contribution < 1.29 is 9.66 Å². The van der Waals surface area contributed by atoms with Gasteiger partial charge in [0.2, 0.25) is 0 Å². The van der Waals surface area contributed by atoms with Crippen LogP contribution in [0, 0.1) is 17.0 Å². The third kappa shape index (κ3) is 2.55. The van der Waals surface area contributed by atoms with Gasteiger partial charge in [-0.2, -0.15) is 0 Å². The lowest BCUT2D eigenvalue weighted by Gasteiger charge is -2.25. The summed E-state index contributed by atoms with van der Waals surface area (Å²) in [4.78, 5) is 10.1. The highest BCUT2D eigenvalue weighted by Crippen LogP contribution is 2.29. The van der Waals surface area contributed by atoms with E-state index in [1.54, 1.807) is 6.92 Å². The van der Waals surface area contributed by atoms with Gasteiger partial charge in [-0.15, -0.1) is 0 Å². The van der Waals surface area contributed by atoms with Crippen molar-refractivity contribution in [2.75, 3.05) is 5.32 Å². The van der Waals surface area contributed by atoms with Gasteiger partial charge in [-0.1, -0.05) is 17.7 Å². The fourth-order valence-corrected chi connectivity index (χ4v) is 1.73. The van der Waals surface area contributed by atoms with E-state index in [-0.39, 0.29) is 5.88 Å². The Labute approximate surface area is 99.2 Å². The van der Waals surface area contributed by atoms with Crippen LogP contribution in [0.4, 0.5) is 5.69 Å². The van der Waals surface area contributed by atoms with Crippen molar-refractivity contribution in [2.24, 2.45) is 0 Å². The van der Waals surface area contributed by atoms with Crippen molar-refractivity contribution in [2.45, 2.75) is 26.0 Å². The molecule has 0 aliphatic carbocycles. The van der Waals surface area contributed by atoms with Crippen LogP contribution in [0.15, 0.2) is 36.2 Å². The average molecular weight is 234 g/mol. The molecule has 1 N–H and O–H groups in total. The van der Waals surface area contributed by atoms with Gasteiger partial charge in [0.25, 0.3) is 0 Å². The van der Waals surface area contributed by atoms with Crippen LogP contribution in [-0.2, 0) is 4.74 Å². The van der Waals surface area contributed by atoms with Crippen LogP contribution in [0.5, 0.6) is 0 Å². The highest BCUT2D eigenvalue weighted by atomic mass is 16.7. The number of nitrogens with one attached hydrogen (secondary N) is 1. The molecule has 0 amide bonds. The molecule has 0 radical (unpaired) electrons. The van der Waals surface area contributed by atoms with Gasteiger partial charge in [0.1, 0.15) is 4.92 Å². The standard InChI is InChI=1S/C12H14N2O3/c1-9-3-5-10(6-4-9)13-12(2)8-7-11(17-12)14(15)16/h3-7,13H,8H2,1-2H3. The molecule has 1 atom stereocenters. The second-order valence-electron chi connectivity index (χ2n) is 4.33. The van der Waals surface area contributed by atoms with Crippen LogP contribution < -0.4 is 5.32 Å². The molecule has 0 bridgehead atoms. The summed E-state index contributed by atoms with van der Waals surface area (Å²) in [6.45, 7) is 3.80. The molecule has 1 aromatic carbocycles. The molecule has 1 heterocycles. The Morgan fingerprint density at radius 1 is 1.41 bits per heavy atom. The van der Waals surface area contributed by atoms with E-state index in [1.807, 2.05) is 31.2 Å². The molecule has 2 rings (SSSR count). The summed E-state index contributed by atoms with van der Waals surface area (Å²) in [5.74, 6) is -0.188. The monoisotopic (exact) mass is 234 g/mol. The van der Waals surface area contributed by atoms with Crippen LogP contribution >= 0.6 is 0 Å². The number of hydrogen-bond donors (Lipinski definition) is 1. The van der Waals surface area contributed by atoms with Crippen molar-refractivity contribution in [3.63, 3.8) is 0 Å². The fourth-order valence-electron chi connectivity index (χ4n) is 1.73. The molecule has 0 saturated carbocycles. The predicted molar refractivity (Wildman–Crippen MR) is 64.0 cm³/mol. The second-order valence-corrected chi connectivity index (χ2v) is 4.33. The number of aryl methyl sites for hydroxylation is 1. The molecule has 1 aromatic rings. The number of hydrogen-bond acceptors (Lipinski definition) is 4. The first-order valence-electron chi connectivity index (χ1n) is 5.37. The summed E-state index contributed by atoms with van der Waals surface area (Å²) < 4.78 is 5.30. The Kier molecular flexibility index (Phi) is 2.75. The summed E-state index contributed by atoms with van der Waals surface area (Å²) in [7, 11) is 0. The summed E-state index contributed by atoms with van der Waals surface area (Å²) in [5, 5.41) is 13.7. The number of ether oxygens (including phenoxy) is 1. The quantitative estimate of drug-likeness (QED) is 0.645. The minimum absolute atomic E-state index is 0.188. The maximum absolute atomic E-state index is 10.6. The van der Waals surface area contributed by atoms with Gasteiger partial charge in [-0.25, -0.2) is 0 Å². The zero-order valence-corrected chi connectivity index (χ0v) is 9.77. The molecule has 1 aliphatic heterocycles. The normalized spacial score (nSPS) is 22.8. The van der Waals surface area contributed by atoms with Gasteiger partial charge < -0.3 is 10.1 Å². The third-order valence-electron chi connectivity index (χ3n) is 2.64. The first-order chi connectivity index (χ1) is 7.98. The van der Waals surface area contributed by atoms with Crippen LogP contribution in [0.2, 0.25) is 0 Å². The van der Waals surface area contributed by atoms with E-state index in [4.69, 9.17) is 4.74 Å². The van der Waals surface area contributed by atoms with Gasteiger partial charge in [0, 0.05) is 18.2 Å². The zero-order chi connectivity index (χ0) is 12.5. The molecule has 1 unspecified atom stereocenters. The van der Waals surface area contributed by atoms with Crippen LogP contribution in [0.25, 0.3) is 0 Å². The lowest BCUT2D eigenvalue weighted by molar-refractivity contribution is -0.466. The predicted octanol–water partition coefficient (Wildman–Crippen LogP) is 2.66. The second kappa shape index (κ2) is 4.08. The van der Waals surface area contributed by atoms with Crippen molar-refractivity contribution in [3.05, 3.63) is 51.9 Å². The largest absolute Gasteiger partial charge is 0.426 e. The molecule has 90 valence electrons. The molecule has 0 spiro atoms. The first-order valence-corrected chi connectivity index (χ1v) is 5.37. The highest BCUT2D eigenvalue weighted by molar-refractivity contribution is 5.46. The van der Waals surface area contributed by atoms with E-state index in [0.29, 0.717) is 6.42 Å². The molecule has 1 aliphatic rings. The summed E-state index contributed by atoms with van der Waals surface area (Å²) in [6.07, 6.45) is 1.96. The van der Waals surface area contributed by atoms with Crippen molar-refractivity contribution >= 4 is 5.69 Å². The zero-order valence-electron chi connectivity index (χ0n) is 9.77. The third-order valence-corrected chi connectivity index (χ3v) is 2.64. The van der Waals surface area contributed by atoms with Gasteiger partial charge in [0.15, 0.2) is 5.72 Å². The molecule has 0 saturated heterocycles. The van der Waals surface area contributed by atoms with Crippen molar-refractivity contribution in [1.82, 2.24) is 0 Å². The Balaban J connectivity index is 2.05. The number of anilines is 1. The number of rotatable bonds is 3. The first kappa shape index (κ1) is 11.4. The molecule has 0 fully saturated rings. The van der Waals surface area contributed by atoms with Gasteiger partial charge in [0.05, 0.1) is 0 Å². The molecule has 17 heavy (non-hydrogen) atoms. The van der Waals surface area contributed by atoms with E-state index >= 15 is 0 Å². The Hall–Kier alpha value is -2.04. The van der Waals surface area contributed by atoms with Crippen LogP contribution in [0.3, 0.4) is 0 Å². The SMILES string of the molecule is Cc1ccc(NC2(C)CC=C([N+](=O)[O-])O2)cc1. The van der Waals surface area contributed by atoms with E-state index in [9.17, 15) is 10.1 Å². The lowest BCUT2D eigenvalue weighted by atomic mass is 10.1. The minimum Gasteiger partial charge on any atom is -0.414 e. The van der Waals surface area contributed by atoms with E-state index in [2.05, 4.69) is 5.32 Å². The Bertz CT molecular complexity index is 467. The maximum atomic E-state index is 10.6. The molecule has 5 heteroatoms. The maximum Gasteiger partial charge on any atom is 0.426 e. The van der Waals surface area contributed by atoms with Crippen molar-refractivity contribution in [3.8, 4) is 0 Å². The van der Waals surface area contributed by atoms with E-state index in [1.165, 1.54) is 6.08 Å². The van der Waals surface area contributed by atoms with E-state index < -0.39 is 10.6 Å². The van der Waals surface area contributed by atoms with Crippen LogP contribution in [-0.4, -0.2) is 10.6 Å². The fraction of sp³-hybridized carbons (Fsp3) is 0.333. The Morgan fingerprint density at radius 2 is 2.06 bits per heavy atom. The molecular weight excluding hydrogens is 220 g/mol. The Morgan fingerprint density at radius 3 is 2.59 bits per heavy atom. The number of nitrogens with zero attached hydrogens (tertiary/aromatic N) is 1. The van der Waals surface area contributed by atoms with E-state index in [0.717, 1.165) is 11.3 Å². The minimum atomic E-state index is -0.738. The molecular formula is C12H14N2O3. The molecule has 0 aromatic heterocycles. The van der Waals surface area contributed by atoms with Gasteiger partial charge in [-0.05, 0) is 26.0 Å². The van der Waals surface area contributed by atoms with Crippen molar-refractivity contribution in [1.29, 1.82) is 0 Å². The summed E-state index contributed by atoms with van der Waals surface area (Å²) in [5.41, 5.74) is 1.31. The molecule has 5 nitrogen and oxygen atoms in total. The summed E-state index contributed by atoms with van der Waals surface area (Å²) in [6, 6.07) is 7.80. The average Bonchev–Trinajstić information content (AvgIpc) is 2.65. The van der Waals surface area contributed by atoms with Crippen LogP contribution in [0.1, 0.15) is 18.9 Å². The number of benzene rings is 1. The highest BCUT2D eigenvalue weighted by Gasteiger charge is 2.36. The topological polar surface area (TPSA) is 64.4 Å². The lowest BCUT2D eigenvalue weighted by Crippen LogP contribution is -2.34. The summed E-state index contributed by atoms with van der Waals surface area (Å²) >= 11 is 0. The smallest absolute Gasteiger partial charge is 0.414 e. The van der Waals surface area contributed by atoms with Gasteiger partial charge in [-0.3, -0.25) is 10.1 Å². The number of nitro groups is 1.